The fourth-order valence-corrected chi connectivity index (χ4v) is 8.82. The number of hydrogen-bond acceptors (Lipinski definition) is 6. The van der Waals surface area contributed by atoms with E-state index in [4.69, 9.17) is 14.2 Å². The maximum atomic E-state index is 12.8. The molecule has 0 N–H and O–H groups in total. The molecule has 0 spiro atoms. The smallest absolute Gasteiger partial charge is 0.306 e. The summed E-state index contributed by atoms with van der Waals surface area (Å²) in [7, 11) is 0. The Labute approximate surface area is 464 Å². The van der Waals surface area contributed by atoms with E-state index >= 15 is 0 Å². The number of carbonyl (C=O) groups excluding carboxylic acids is 3. The first kappa shape index (κ1) is 71.3. The molecular weight excluding hydrogens is 925 g/mol. The molecule has 1 atom stereocenters. The second-order valence-corrected chi connectivity index (χ2v) is 20.9. The van der Waals surface area contributed by atoms with E-state index in [-0.39, 0.29) is 31.1 Å². The summed E-state index contributed by atoms with van der Waals surface area (Å²) in [4.78, 5) is 38.1. The fourth-order valence-electron chi connectivity index (χ4n) is 8.82. The molecule has 0 fully saturated rings. The number of rotatable bonds is 57. The van der Waals surface area contributed by atoms with Crippen molar-refractivity contribution >= 4 is 17.9 Å². The van der Waals surface area contributed by atoms with Gasteiger partial charge in [-0.2, -0.15) is 0 Å². The Morgan fingerprint density at radius 1 is 0.280 bits per heavy atom. The summed E-state index contributed by atoms with van der Waals surface area (Å²) < 4.78 is 16.9. The van der Waals surface area contributed by atoms with E-state index in [2.05, 4.69) is 118 Å². The first-order valence-corrected chi connectivity index (χ1v) is 31.7. The van der Waals surface area contributed by atoms with Crippen LogP contribution in [0.3, 0.4) is 0 Å². The summed E-state index contributed by atoms with van der Waals surface area (Å²) in [5, 5.41) is 0. The number of unbranched alkanes of at least 4 members (excludes halogenated alkanes) is 30. The Balaban J connectivity index is 4.12. The largest absolute Gasteiger partial charge is 0.462 e. The van der Waals surface area contributed by atoms with Crippen molar-refractivity contribution in [3.8, 4) is 0 Å². The Morgan fingerprint density at radius 3 is 0.853 bits per heavy atom. The Bertz CT molecular complexity index is 1480. The predicted octanol–water partition coefficient (Wildman–Crippen LogP) is 21.7. The van der Waals surface area contributed by atoms with E-state index in [1.54, 1.807) is 0 Å². The summed E-state index contributed by atoms with van der Waals surface area (Å²) in [5.74, 6) is -0.887. The standard InChI is InChI=1S/C69H118O6/c1-4-7-10-13-16-19-22-24-26-27-28-29-30-31-32-33-34-35-36-37-38-39-40-41-42-43-44-46-47-50-53-56-59-62-68(71)74-65-66(64-73-67(70)61-58-55-52-49-21-18-15-12-9-6-3)75-69(72)63-60-57-54-51-48-45-25-23-20-17-14-11-8-5-2/h7,10,14,16-17,19,23-26,28-29,31-32,34-35,66H,4-6,8-9,11-13,15,18,20-22,27,30,33,36-65H2,1-3H3/b10-7-,17-14-,19-16-,25-23-,26-24-,29-28-,32-31-,35-34-. The molecule has 0 amide bonds. The summed E-state index contributed by atoms with van der Waals surface area (Å²) >= 11 is 0. The lowest BCUT2D eigenvalue weighted by atomic mass is 10.0. The molecule has 0 saturated carbocycles. The van der Waals surface area contributed by atoms with Crippen molar-refractivity contribution in [2.75, 3.05) is 13.2 Å². The molecule has 0 aliphatic heterocycles. The number of allylic oxidation sites excluding steroid dienone is 16. The topological polar surface area (TPSA) is 78.9 Å². The molecule has 6 heteroatoms. The summed E-state index contributed by atoms with van der Waals surface area (Å²) in [5.41, 5.74) is 0. The normalized spacial score (nSPS) is 12.7. The van der Waals surface area contributed by atoms with Gasteiger partial charge in [0.05, 0.1) is 0 Å². The third kappa shape index (κ3) is 61.1. The zero-order valence-electron chi connectivity index (χ0n) is 49.3. The molecule has 6 nitrogen and oxygen atoms in total. The highest BCUT2D eigenvalue weighted by atomic mass is 16.6. The lowest BCUT2D eigenvalue weighted by molar-refractivity contribution is -0.167. The number of carbonyl (C=O) groups is 3. The molecule has 0 saturated heterocycles. The average molecular weight is 1040 g/mol. The van der Waals surface area contributed by atoms with E-state index in [9.17, 15) is 14.4 Å². The van der Waals surface area contributed by atoms with Gasteiger partial charge in [-0.05, 0) is 96.3 Å². The van der Waals surface area contributed by atoms with Crippen molar-refractivity contribution in [1.82, 2.24) is 0 Å². The fraction of sp³-hybridized carbons (Fsp3) is 0.725. The van der Waals surface area contributed by atoms with Crippen molar-refractivity contribution in [1.29, 1.82) is 0 Å². The quantitative estimate of drug-likeness (QED) is 0.0261. The molecule has 1 unspecified atom stereocenters. The van der Waals surface area contributed by atoms with E-state index in [1.807, 2.05) is 0 Å². The molecule has 0 aromatic carbocycles. The first-order chi connectivity index (χ1) is 37.0. The summed E-state index contributed by atoms with van der Waals surface area (Å²) in [6.07, 6.45) is 84.3. The molecule has 0 aromatic heterocycles. The van der Waals surface area contributed by atoms with Gasteiger partial charge in [0.25, 0.3) is 0 Å². The highest BCUT2D eigenvalue weighted by Crippen LogP contribution is 2.16. The molecule has 0 radical (unpaired) electrons. The van der Waals surface area contributed by atoms with E-state index < -0.39 is 6.10 Å². The van der Waals surface area contributed by atoms with Crippen LogP contribution in [0.4, 0.5) is 0 Å². The minimum atomic E-state index is -0.781. The van der Waals surface area contributed by atoms with Crippen LogP contribution in [0.5, 0.6) is 0 Å². The summed E-state index contributed by atoms with van der Waals surface area (Å²) in [6, 6.07) is 0. The highest BCUT2D eigenvalue weighted by molar-refractivity contribution is 5.71. The molecule has 0 aliphatic carbocycles. The minimum absolute atomic E-state index is 0.0794. The lowest BCUT2D eigenvalue weighted by Crippen LogP contribution is -2.30. The van der Waals surface area contributed by atoms with Gasteiger partial charge in [-0.3, -0.25) is 14.4 Å². The number of hydrogen-bond donors (Lipinski definition) is 0. The Morgan fingerprint density at radius 2 is 0.533 bits per heavy atom. The maximum Gasteiger partial charge on any atom is 0.306 e. The Kier molecular flexibility index (Phi) is 59.8. The molecule has 0 heterocycles. The van der Waals surface area contributed by atoms with Crippen molar-refractivity contribution in [2.24, 2.45) is 0 Å². The SMILES string of the molecule is CC/C=C\C/C=C\C/C=C\C/C=C\C/C=C\C/C=C\CCCCCCCCCCCCCCCCC(=O)OCC(COC(=O)CCCCCCCCCCCC)OC(=O)CCCCCCC/C=C\C/C=C\CCCC. The molecule has 0 aliphatic rings. The van der Waals surface area contributed by atoms with Crippen LogP contribution in [0.15, 0.2) is 97.2 Å². The summed E-state index contributed by atoms with van der Waals surface area (Å²) in [6.45, 7) is 6.48. The third-order valence-electron chi connectivity index (χ3n) is 13.6. The number of esters is 3. The second kappa shape index (κ2) is 62.9. The van der Waals surface area contributed by atoms with Gasteiger partial charge in [0.2, 0.25) is 0 Å². The highest BCUT2D eigenvalue weighted by Gasteiger charge is 2.19. The van der Waals surface area contributed by atoms with Gasteiger partial charge < -0.3 is 14.2 Å². The van der Waals surface area contributed by atoms with Crippen molar-refractivity contribution < 1.29 is 28.6 Å². The maximum absolute atomic E-state index is 12.8. The van der Waals surface area contributed by atoms with Gasteiger partial charge in [-0.1, -0.05) is 285 Å². The lowest BCUT2D eigenvalue weighted by Gasteiger charge is -2.18. The van der Waals surface area contributed by atoms with Crippen molar-refractivity contribution in [3.05, 3.63) is 97.2 Å². The van der Waals surface area contributed by atoms with Gasteiger partial charge in [0, 0.05) is 19.3 Å². The van der Waals surface area contributed by atoms with Gasteiger partial charge in [-0.15, -0.1) is 0 Å². The average Bonchev–Trinajstić information content (AvgIpc) is 3.41. The van der Waals surface area contributed by atoms with Gasteiger partial charge >= 0.3 is 17.9 Å². The van der Waals surface area contributed by atoms with Crippen LogP contribution in [0.25, 0.3) is 0 Å². The molecule has 430 valence electrons. The molecular formula is C69H118O6. The second-order valence-electron chi connectivity index (χ2n) is 20.9. The van der Waals surface area contributed by atoms with E-state index in [0.29, 0.717) is 19.3 Å². The predicted molar refractivity (Wildman–Crippen MR) is 325 cm³/mol. The van der Waals surface area contributed by atoms with Gasteiger partial charge in [0.1, 0.15) is 13.2 Å². The van der Waals surface area contributed by atoms with Crippen LogP contribution in [0.1, 0.15) is 303 Å². The van der Waals surface area contributed by atoms with Crippen LogP contribution in [0, 0.1) is 0 Å². The van der Waals surface area contributed by atoms with Gasteiger partial charge in [-0.25, -0.2) is 0 Å². The molecule has 75 heavy (non-hydrogen) atoms. The van der Waals surface area contributed by atoms with Crippen LogP contribution in [-0.2, 0) is 28.6 Å². The monoisotopic (exact) mass is 1040 g/mol. The van der Waals surface area contributed by atoms with Crippen LogP contribution in [-0.4, -0.2) is 37.2 Å². The Hall–Kier alpha value is -3.67. The zero-order chi connectivity index (χ0) is 54.3. The first-order valence-electron chi connectivity index (χ1n) is 31.7. The zero-order valence-corrected chi connectivity index (χ0v) is 49.3. The van der Waals surface area contributed by atoms with E-state index in [0.717, 1.165) is 122 Å². The van der Waals surface area contributed by atoms with Crippen LogP contribution < -0.4 is 0 Å². The molecule has 0 aromatic rings. The van der Waals surface area contributed by atoms with Crippen molar-refractivity contribution in [2.45, 2.75) is 309 Å². The van der Waals surface area contributed by atoms with E-state index in [1.165, 1.54) is 141 Å². The van der Waals surface area contributed by atoms with Crippen molar-refractivity contribution in [3.63, 3.8) is 0 Å². The van der Waals surface area contributed by atoms with Crippen LogP contribution in [0.2, 0.25) is 0 Å². The number of ether oxygens (including phenoxy) is 3. The van der Waals surface area contributed by atoms with Crippen LogP contribution >= 0.6 is 0 Å². The van der Waals surface area contributed by atoms with Gasteiger partial charge in [0.15, 0.2) is 6.10 Å². The molecule has 0 rings (SSSR count). The third-order valence-corrected chi connectivity index (χ3v) is 13.6. The minimum Gasteiger partial charge on any atom is -0.462 e. The molecule has 0 bridgehead atoms.